The highest BCUT2D eigenvalue weighted by atomic mass is 16.5. The van der Waals surface area contributed by atoms with Crippen LogP contribution < -0.4 is 10.1 Å². The van der Waals surface area contributed by atoms with Gasteiger partial charge < -0.3 is 14.8 Å². The van der Waals surface area contributed by atoms with Crippen LogP contribution in [-0.4, -0.2) is 41.8 Å². The maximum Gasteiger partial charge on any atom is 0.328 e. The molecule has 150 valence electrons. The first-order valence-corrected chi connectivity index (χ1v) is 9.67. The number of amides is 1. The topological polar surface area (TPSA) is 93.3 Å². The van der Waals surface area contributed by atoms with Gasteiger partial charge >= 0.3 is 5.97 Å². The molecule has 0 radical (unpaired) electrons. The zero-order valence-electron chi connectivity index (χ0n) is 16.3. The van der Waals surface area contributed by atoms with Crippen molar-refractivity contribution in [2.45, 2.75) is 12.5 Å². The fourth-order valence-corrected chi connectivity index (χ4v) is 3.88. The van der Waals surface area contributed by atoms with E-state index in [2.05, 4.69) is 27.6 Å². The van der Waals surface area contributed by atoms with E-state index in [4.69, 9.17) is 9.47 Å². The maximum absolute atomic E-state index is 12.9. The summed E-state index contributed by atoms with van der Waals surface area (Å²) in [6, 6.07) is 17.0. The number of aromatic nitrogens is 2. The molecule has 7 heteroatoms. The number of cyclic esters (lactones) is 1. The molecule has 0 bridgehead atoms. The molecular formula is C23H19N3O4. The lowest BCUT2D eigenvalue weighted by molar-refractivity contribution is -0.139. The lowest BCUT2D eigenvalue weighted by Crippen LogP contribution is -2.38. The van der Waals surface area contributed by atoms with Crippen LogP contribution in [-0.2, 0) is 9.53 Å². The second kappa shape index (κ2) is 7.18. The first-order chi connectivity index (χ1) is 14.7. The van der Waals surface area contributed by atoms with Gasteiger partial charge in [-0.05, 0) is 29.0 Å². The van der Waals surface area contributed by atoms with Crippen molar-refractivity contribution in [3.63, 3.8) is 0 Å². The molecule has 1 amide bonds. The molecule has 30 heavy (non-hydrogen) atoms. The highest BCUT2D eigenvalue weighted by Gasteiger charge is 2.30. The van der Waals surface area contributed by atoms with E-state index in [-0.39, 0.29) is 5.91 Å². The Hall–Kier alpha value is -3.87. The normalized spacial score (nSPS) is 16.0. The predicted octanol–water partition coefficient (Wildman–Crippen LogP) is 3.44. The van der Waals surface area contributed by atoms with Crippen molar-refractivity contribution < 1.29 is 19.1 Å². The molecule has 1 unspecified atom stereocenters. The summed E-state index contributed by atoms with van der Waals surface area (Å²) in [7, 11) is 1.52. The molecule has 0 saturated carbocycles. The Morgan fingerprint density at radius 1 is 1.17 bits per heavy atom. The van der Waals surface area contributed by atoms with Crippen molar-refractivity contribution in [3.8, 4) is 17.0 Å². The van der Waals surface area contributed by atoms with Crippen molar-refractivity contribution in [2.24, 2.45) is 0 Å². The fraction of sp³-hybridized carbons (Fsp3) is 0.174. The Kier molecular flexibility index (Phi) is 4.35. The SMILES string of the molecule is COc1c(C(=O)NC2CCOC2=O)ccc2[nH]nc(-c3ccc4ccccc4c3)c12. The van der Waals surface area contributed by atoms with Gasteiger partial charge in [0.1, 0.15) is 17.5 Å². The van der Waals surface area contributed by atoms with Gasteiger partial charge in [0.05, 0.1) is 30.2 Å². The number of carbonyl (C=O) groups excluding carboxylic acids is 2. The zero-order valence-corrected chi connectivity index (χ0v) is 16.3. The number of nitrogens with zero attached hydrogens (tertiary/aromatic N) is 1. The molecule has 0 aliphatic carbocycles. The van der Waals surface area contributed by atoms with Crippen molar-refractivity contribution in [1.29, 1.82) is 0 Å². The number of fused-ring (bicyclic) bond motifs is 2. The van der Waals surface area contributed by atoms with E-state index in [9.17, 15) is 9.59 Å². The molecule has 1 aliphatic heterocycles. The molecule has 1 fully saturated rings. The van der Waals surface area contributed by atoms with Gasteiger partial charge in [-0.15, -0.1) is 0 Å². The standard InChI is InChI=1S/C23H19N3O4/c1-29-21-16(22(27)24-18-10-11-30-23(18)28)8-9-17-19(21)20(26-25-17)15-7-6-13-4-2-3-5-14(13)12-15/h2-9,12,18H,10-11H2,1H3,(H,24,27)(H,25,26). The Bertz CT molecular complexity index is 1290. The van der Waals surface area contributed by atoms with Crippen LogP contribution in [0, 0.1) is 0 Å². The maximum atomic E-state index is 12.9. The Labute approximate surface area is 172 Å². The molecule has 1 aliphatic rings. The van der Waals surface area contributed by atoms with Gasteiger partial charge in [-0.1, -0.05) is 36.4 Å². The van der Waals surface area contributed by atoms with Crippen LogP contribution in [0.2, 0.25) is 0 Å². The summed E-state index contributed by atoms with van der Waals surface area (Å²) in [6.07, 6.45) is 0.461. The highest BCUT2D eigenvalue weighted by molar-refractivity contribution is 6.08. The van der Waals surface area contributed by atoms with Crippen LogP contribution in [0.1, 0.15) is 16.8 Å². The summed E-state index contributed by atoms with van der Waals surface area (Å²) in [5.74, 6) is -0.389. The summed E-state index contributed by atoms with van der Waals surface area (Å²) < 4.78 is 10.6. The van der Waals surface area contributed by atoms with Crippen LogP contribution in [0.5, 0.6) is 5.75 Å². The summed E-state index contributed by atoms with van der Waals surface area (Å²) >= 11 is 0. The molecule has 5 rings (SSSR count). The number of benzene rings is 3. The van der Waals surface area contributed by atoms with Crippen LogP contribution in [0.4, 0.5) is 0 Å². The number of H-pyrrole nitrogens is 1. The molecule has 2 heterocycles. The van der Waals surface area contributed by atoms with E-state index in [1.54, 1.807) is 12.1 Å². The summed E-state index contributed by atoms with van der Waals surface area (Å²) in [4.78, 5) is 24.6. The Morgan fingerprint density at radius 2 is 2.00 bits per heavy atom. The van der Waals surface area contributed by atoms with Gasteiger partial charge in [0, 0.05) is 12.0 Å². The molecular weight excluding hydrogens is 382 g/mol. The van der Waals surface area contributed by atoms with Gasteiger partial charge in [0.25, 0.3) is 5.91 Å². The molecule has 1 aromatic heterocycles. The minimum atomic E-state index is -0.637. The highest BCUT2D eigenvalue weighted by Crippen LogP contribution is 2.37. The number of aromatic amines is 1. The van der Waals surface area contributed by atoms with Gasteiger partial charge in [-0.25, -0.2) is 4.79 Å². The molecule has 1 atom stereocenters. The van der Waals surface area contributed by atoms with Gasteiger partial charge in [0.15, 0.2) is 0 Å². The number of hydrogen-bond acceptors (Lipinski definition) is 5. The first-order valence-electron chi connectivity index (χ1n) is 9.67. The number of nitrogens with one attached hydrogen (secondary N) is 2. The number of rotatable bonds is 4. The number of hydrogen-bond donors (Lipinski definition) is 2. The Balaban J connectivity index is 1.61. The van der Waals surface area contributed by atoms with Gasteiger partial charge in [-0.3, -0.25) is 9.89 Å². The molecule has 1 saturated heterocycles. The minimum Gasteiger partial charge on any atom is -0.495 e. The van der Waals surface area contributed by atoms with Crippen LogP contribution in [0.25, 0.3) is 32.9 Å². The molecule has 3 aromatic carbocycles. The second-order valence-electron chi connectivity index (χ2n) is 7.19. The lowest BCUT2D eigenvalue weighted by Gasteiger charge is -2.13. The lowest BCUT2D eigenvalue weighted by atomic mass is 10.0. The van der Waals surface area contributed by atoms with E-state index < -0.39 is 12.0 Å². The van der Waals surface area contributed by atoms with Gasteiger partial charge in [0.2, 0.25) is 0 Å². The average molecular weight is 401 g/mol. The summed E-state index contributed by atoms with van der Waals surface area (Å²) in [5, 5.41) is 13.2. The van der Waals surface area contributed by atoms with Crippen molar-refractivity contribution in [3.05, 3.63) is 60.2 Å². The van der Waals surface area contributed by atoms with E-state index in [0.29, 0.717) is 30.0 Å². The number of carbonyl (C=O) groups is 2. The third kappa shape index (κ3) is 2.95. The van der Waals surface area contributed by atoms with Gasteiger partial charge in [-0.2, -0.15) is 5.10 Å². The van der Waals surface area contributed by atoms with E-state index in [0.717, 1.165) is 27.2 Å². The third-order valence-electron chi connectivity index (χ3n) is 5.39. The zero-order chi connectivity index (χ0) is 20.7. The van der Waals surface area contributed by atoms with Crippen LogP contribution >= 0.6 is 0 Å². The predicted molar refractivity (Wildman–Crippen MR) is 112 cm³/mol. The van der Waals surface area contributed by atoms with Crippen LogP contribution in [0.3, 0.4) is 0 Å². The smallest absolute Gasteiger partial charge is 0.328 e. The second-order valence-corrected chi connectivity index (χ2v) is 7.19. The molecule has 2 N–H and O–H groups in total. The largest absolute Gasteiger partial charge is 0.495 e. The molecule has 0 spiro atoms. The average Bonchev–Trinajstić information content (AvgIpc) is 3.38. The van der Waals surface area contributed by atoms with Crippen LogP contribution in [0.15, 0.2) is 54.6 Å². The quantitative estimate of drug-likeness (QED) is 0.511. The van der Waals surface area contributed by atoms with Crippen molar-refractivity contribution in [1.82, 2.24) is 15.5 Å². The first kappa shape index (κ1) is 18.2. The monoisotopic (exact) mass is 401 g/mol. The number of methoxy groups -OCH3 is 1. The molecule has 4 aromatic rings. The number of ether oxygens (including phenoxy) is 2. The minimum absolute atomic E-state index is 0.313. The van der Waals surface area contributed by atoms with Crippen molar-refractivity contribution in [2.75, 3.05) is 13.7 Å². The fourth-order valence-electron chi connectivity index (χ4n) is 3.88. The van der Waals surface area contributed by atoms with Crippen molar-refractivity contribution >= 4 is 33.6 Å². The van der Waals surface area contributed by atoms with E-state index in [1.807, 2.05) is 30.3 Å². The third-order valence-corrected chi connectivity index (χ3v) is 5.39. The summed E-state index contributed by atoms with van der Waals surface area (Å²) in [6.45, 7) is 0.313. The number of esters is 1. The Morgan fingerprint density at radius 3 is 2.77 bits per heavy atom. The van der Waals surface area contributed by atoms with E-state index in [1.165, 1.54) is 7.11 Å². The molecule has 7 nitrogen and oxygen atoms in total. The summed E-state index contributed by atoms with van der Waals surface area (Å²) in [5.41, 5.74) is 2.71. The van der Waals surface area contributed by atoms with E-state index >= 15 is 0 Å².